The maximum Gasteiger partial charge on any atom is 0.282 e. The summed E-state index contributed by atoms with van der Waals surface area (Å²) in [5, 5.41) is 7.57. The van der Waals surface area contributed by atoms with Crippen LogP contribution in [0, 0.1) is 5.41 Å². The number of nitrogens with two attached hydrogens (primary N) is 1. The van der Waals surface area contributed by atoms with Crippen LogP contribution >= 0.6 is 0 Å². The molecular formula is C11H22N4O2S. The summed E-state index contributed by atoms with van der Waals surface area (Å²) >= 11 is 0. The van der Waals surface area contributed by atoms with E-state index in [0.717, 1.165) is 32.1 Å². The van der Waals surface area contributed by atoms with Crippen molar-refractivity contribution in [2.75, 3.05) is 19.6 Å². The highest BCUT2D eigenvalue weighted by molar-refractivity contribution is 7.86. The van der Waals surface area contributed by atoms with Gasteiger partial charge >= 0.3 is 0 Å². The van der Waals surface area contributed by atoms with Crippen molar-refractivity contribution in [1.82, 2.24) is 8.61 Å². The van der Waals surface area contributed by atoms with Crippen LogP contribution in [0.3, 0.4) is 0 Å². The van der Waals surface area contributed by atoms with Crippen molar-refractivity contribution >= 4 is 16.0 Å². The fourth-order valence-electron chi connectivity index (χ4n) is 2.74. The van der Waals surface area contributed by atoms with E-state index in [1.165, 1.54) is 4.31 Å². The summed E-state index contributed by atoms with van der Waals surface area (Å²) in [6.07, 6.45) is 5.42. The standard InChI is InChI=1S/C11H22N4O2S/c12-11(13)10-6-2-5-9-15(10)18(16,17)14-7-3-1-4-8-14/h10H,1-9H2,(H3,12,13). The zero-order valence-electron chi connectivity index (χ0n) is 10.6. The lowest BCUT2D eigenvalue weighted by molar-refractivity contribution is 0.258. The predicted octanol–water partition coefficient (Wildman–Crippen LogP) is 0.508. The minimum atomic E-state index is -3.43. The molecule has 1 unspecified atom stereocenters. The van der Waals surface area contributed by atoms with Crippen LogP contribution in [0.25, 0.3) is 0 Å². The molecular weight excluding hydrogens is 252 g/mol. The van der Waals surface area contributed by atoms with Crippen molar-refractivity contribution in [1.29, 1.82) is 5.41 Å². The molecule has 2 fully saturated rings. The third-order valence-corrected chi connectivity index (χ3v) is 5.80. The molecule has 3 N–H and O–H groups in total. The molecule has 0 aromatic carbocycles. The molecule has 2 saturated heterocycles. The van der Waals surface area contributed by atoms with E-state index in [9.17, 15) is 8.42 Å². The maximum absolute atomic E-state index is 12.6. The largest absolute Gasteiger partial charge is 0.386 e. The van der Waals surface area contributed by atoms with E-state index in [0.29, 0.717) is 26.1 Å². The summed E-state index contributed by atoms with van der Waals surface area (Å²) in [7, 11) is -3.43. The number of hydrogen-bond donors (Lipinski definition) is 2. The molecule has 0 amide bonds. The lowest BCUT2D eigenvalue weighted by Gasteiger charge is -2.38. The number of hydrogen-bond acceptors (Lipinski definition) is 3. The van der Waals surface area contributed by atoms with Gasteiger partial charge < -0.3 is 5.73 Å². The first kappa shape index (κ1) is 13.8. The molecule has 2 aliphatic heterocycles. The van der Waals surface area contributed by atoms with E-state index in [1.54, 1.807) is 4.31 Å². The smallest absolute Gasteiger partial charge is 0.282 e. The van der Waals surface area contributed by atoms with Crippen LogP contribution < -0.4 is 5.73 Å². The van der Waals surface area contributed by atoms with Crippen molar-refractivity contribution in [3.63, 3.8) is 0 Å². The number of nitrogens with zero attached hydrogens (tertiary/aromatic N) is 2. The van der Waals surface area contributed by atoms with E-state index in [2.05, 4.69) is 0 Å². The number of nitrogens with one attached hydrogen (secondary N) is 1. The molecule has 0 bridgehead atoms. The van der Waals surface area contributed by atoms with Gasteiger partial charge in [-0.15, -0.1) is 0 Å². The fourth-order valence-corrected chi connectivity index (χ4v) is 4.65. The second kappa shape index (κ2) is 5.54. The Morgan fingerprint density at radius 1 is 1.06 bits per heavy atom. The number of piperidine rings is 2. The lowest BCUT2D eigenvalue weighted by atomic mass is 10.0. The average Bonchev–Trinajstić information content (AvgIpc) is 2.39. The molecule has 104 valence electrons. The molecule has 1 atom stereocenters. The van der Waals surface area contributed by atoms with Crippen LogP contribution in [-0.2, 0) is 10.2 Å². The minimum Gasteiger partial charge on any atom is -0.386 e. The summed E-state index contributed by atoms with van der Waals surface area (Å²) in [5.41, 5.74) is 5.54. The Kier molecular flexibility index (Phi) is 4.24. The molecule has 7 heteroatoms. The van der Waals surface area contributed by atoms with Gasteiger partial charge in [-0.2, -0.15) is 17.0 Å². The third-order valence-electron chi connectivity index (χ3n) is 3.75. The van der Waals surface area contributed by atoms with Gasteiger partial charge in [0.15, 0.2) is 0 Å². The Bertz CT molecular complexity index is 403. The Labute approximate surface area is 109 Å². The van der Waals surface area contributed by atoms with E-state index in [-0.39, 0.29) is 5.84 Å². The van der Waals surface area contributed by atoms with Gasteiger partial charge in [0.25, 0.3) is 10.2 Å². The monoisotopic (exact) mass is 274 g/mol. The molecule has 6 nitrogen and oxygen atoms in total. The van der Waals surface area contributed by atoms with Crippen LogP contribution in [0.4, 0.5) is 0 Å². The van der Waals surface area contributed by atoms with Crippen molar-refractivity contribution in [2.45, 2.75) is 44.6 Å². The second-order valence-corrected chi connectivity index (χ2v) is 6.93. The van der Waals surface area contributed by atoms with Crippen molar-refractivity contribution in [2.24, 2.45) is 5.73 Å². The van der Waals surface area contributed by atoms with Crippen LogP contribution in [0.15, 0.2) is 0 Å². The van der Waals surface area contributed by atoms with Crippen molar-refractivity contribution in [3.05, 3.63) is 0 Å². The first-order chi connectivity index (χ1) is 8.53. The van der Waals surface area contributed by atoms with Gasteiger partial charge in [0.1, 0.15) is 5.84 Å². The molecule has 2 rings (SSSR count). The molecule has 2 aliphatic rings. The molecule has 2 heterocycles. The van der Waals surface area contributed by atoms with Gasteiger partial charge in [-0.1, -0.05) is 12.8 Å². The normalized spacial score (nSPS) is 28.1. The van der Waals surface area contributed by atoms with Crippen LogP contribution in [0.5, 0.6) is 0 Å². The van der Waals surface area contributed by atoms with Crippen LogP contribution in [-0.4, -0.2) is 48.5 Å². The Morgan fingerprint density at radius 3 is 2.28 bits per heavy atom. The van der Waals surface area contributed by atoms with Gasteiger partial charge in [0.05, 0.1) is 6.04 Å². The molecule has 18 heavy (non-hydrogen) atoms. The quantitative estimate of drug-likeness (QED) is 0.580. The Morgan fingerprint density at radius 2 is 1.67 bits per heavy atom. The molecule has 0 radical (unpaired) electrons. The molecule has 0 aromatic rings. The Balaban J connectivity index is 2.18. The van der Waals surface area contributed by atoms with Gasteiger partial charge in [0, 0.05) is 19.6 Å². The zero-order chi connectivity index (χ0) is 13.2. The lowest BCUT2D eigenvalue weighted by Crippen LogP contribution is -2.55. The van der Waals surface area contributed by atoms with Gasteiger partial charge in [0.2, 0.25) is 0 Å². The summed E-state index contributed by atoms with van der Waals surface area (Å²) < 4.78 is 28.1. The highest BCUT2D eigenvalue weighted by atomic mass is 32.2. The first-order valence-corrected chi connectivity index (χ1v) is 8.04. The molecule has 0 saturated carbocycles. The van der Waals surface area contributed by atoms with E-state index in [4.69, 9.17) is 11.1 Å². The first-order valence-electron chi connectivity index (χ1n) is 6.64. The fraction of sp³-hybridized carbons (Fsp3) is 0.909. The van der Waals surface area contributed by atoms with Crippen LogP contribution in [0.1, 0.15) is 38.5 Å². The zero-order valence-corrected chi connectivity index (χ0v) is 11.5. The van der Waals surface area contributed by atoms with Gasteiger partial charge in [-0.3, -0.25) is 5.41 Å². The molecule has 0 aromatic heterocycles. The third kappa shape index (κ3) is 2.67. The highest BCUT2D eigenvalue weighted by Crippen LogP contribution is 2.24. The summed E-state index contributed by atoms with van der Waals surface area (Å²) in [5.74, 6) is -0.0321. The summed E-state index contributed by atoms with van der Waals surface area (Å²) in [6.45, 7) is 1.69. The van der Waals surface area contributed by atoms with Crippen molar-refractivity contribution < 1.29 is 8.42 Å². The summed E-state index contributed by atoms with van der Waals surface area (Å²) in [4.78, 5) is 0. The minimum absolute atomic E-state index is 0.0321. The average molecular weight is 274 g/mol. The maximum atomic E-state index is 12.6. The number of rotatable bonds is 3. The molecule has 0 spiro atoms. The van der Waals surface area contributed by atoms with Crippen molar-refractivity contribution in [3.8, 4) is 0 Å². The number of amidine groups is 1. The van der Waals surface area contributed by atoms with E-state index >= 15 is 0 Å². The predicted molar refractivity (Wildman–Crippen MR) is 70.6 cm³/mol. The highest BCUT2D eigenvalue weighted by Gasteiger charge is 2.38. The summed E-state index contributed by atoms with van der Waals surface area (Å²) in [6, 6.07) is -0.439. The van der Waals surface area contributed by atoms with E-state index in [1.807, 2.05) is 0 Å². The SMILES string of the molecule is N=C(N)C1CCCCN1S(=O)(=O)N1CCCCC1. The second-order valence-electron chi connectivity index (χ2n) is 5.05. The Hall–Kier alpha value is -0.660. The van der Waals surface area contributed by atoms with E-state index < -0.39 is 16.3 Å². The molecule has 0 aliphatic carbocycles. The van der Waals surface area contributed by atoms with Gasteiger partial charge in [-0.25, -0.2) is 0 Å². The van der Waals surface area contributed by atoms with Gasteiger partial charge in [-0.05, 0) is 25.7 Å². The van der Waals surface area contributed by atoms with Crippen LogP contribution in [0.2, 0.25) is 0 Å². The topological polar surface area (TPSA) is 90.5 Å².